The Morgan fingerprint density at radius 1 is 1.25 bits per heavy atom. The Morgan fingerprint density at radius 3 is 2.50 bits per heavy atom. The van der Waals surface area contributed by atoms with Crippen molar-refractivity contribution in [2.75, 3.05) is 24.7 Å². The van der Waals surface area contributed by atoms with Gasteiger partial charge >= 0.3 is 6.09 Å². The molecule has 1 aromatic rings. The third-order valence-corrected chi connectivity index (χ3v) is 5.05. The van der Waals surface area contributed by atoms with E-state index in [-0.39, 0.29) is 18.7 Å². The number of carbonyl (C=O) groups is 1. The second-order valence-corrected chi connectivity index (χ2v) is 8.46. The van der Waals surface area contributed by atoms with E-state index in [1.807, 2.05) is 26.8 Å². The lowest BCUT2D eigenvalue weighted by atomic mass is 9.89. The van der Waals surface area contributed by atoms with E-state index in [1.165, 1.54) is 11.3 Å². The smallest absolute Gasteiger partial charge is 0.407 e. The fraction of sp³-hybridized carbons (Fsp3) is 0.682. The van der Waals surface area contributed by atoms with Gasteiger partial charge in [-0.15, -0.1) is 0 Å². The zero-order chi connectivity index (χ0) is 20.7. The molecule has 1 aromatic carbocycles. The zero-order valence-electron chi connectivity index (χ0n) is 18.0. The van der Waals surface area contributed by atoms with Crippen LogP contribution in [0.15, 0.2) is 18.2 Å². The number of rotatable bonds is 7. The second kappa shape index (κ2) is 10.0. The number of amides is 1. The quantitative estimate of drug-likeness (QED) is 0.733. The SMILES string of the molecule is CCN(c1cc(OCCO)ccc1C)C1CCC(NC(=O)OC(C)(C)C)CC1. The molecule has 6 heteroatoms. The van der Waals surface area contributed by atoms with Crippen LogP contribution in [0.3, 0.4) is 0 Å². The first kappa shape index (κ1) is 22.3. The third kappa shape index (κ3) is 6.59. The number of aliphatic hydroxyl groups excluding tert-OH is 1. The molecule has 0 saturated heterocycles. The number of ether oxygens (including phenoxy) is 2. The van der Waals surface area contributed by atoms with E-state index in [4.69, 9.17) is 14.6 Å². The molecule has 2 rings (SSSR count). The summed E-state index contributed by atoms with van der Waals surface area (Å²) in [5, 5.41) is 12.0. The summed E-state index contributed by atoms with van der Waals surface area (Å²) in [6, 6.07) is 6.70. The van der Waals surface area contributed by atoms with Crippen LogP contribution in [0.5, 0.6) is 5.75 Å². The molecule has 0 bridgehead atoms. The molecule has 0 radical (unpaired) electrons. The number of nitrogens with zero attached hydrogens (tertiary/aromatic N) is 1. The van der Waals surface area contributed by atoms with Crippen molar-refractivity contribution >= 4 is 11.8 Å². The number of aryl methyl sites for hydroxylation is 1. The van der Waals surface area contributed by atoms with Crippen LogP contribution in [0.25, 0.3) is 0 Å². The van der Waals surface area contributed by atoms with Crippen LogP contribution in [0.1, 0.15) is 58.9 Å². The highest BCUT2D eigenvalue weighted by Crippen LogP contribution is 2.32. The van der Waals surface area contributed by atoms with Crippen LogP contribution < -0.4 is 15.0 Å². The zero-order valence-corrected chi connectivity index (χ0v) is 18.0. The minimum atomic E-state index is -0.471. The molecule has 1 amide bonds. The molecule has 6 nitrogen and oxygen atoms in total. The van der Waals surface area contributed by atoms with E-state index in [1.54, 1.807) is 0 Å². The highest BCUT2D eigenvalue weighted by atomic mass is 16.6. The topological polar surface area (TPSA) is 71.0 Å². The van der Waals surface area contributed by atoms with Crippen molar-refractivity contribution in [3.05, 3.63) is 23.8 Å². The minimum Gasteiger partial charge on any atom is -0.491 e. The van der Waals surface area contributed by atoms with E-state index in [0.717, 1.165) is 38.0 Å². The summed E-state index contributed by atoms with van der Waals surface area (Å²) in [6.45, 7) is 11.1. The van der Waals surface area contributed by atoms with Crippen molar-refractivity contribution < 1.29 is 19.4 Å². The summed E-state index contributed by atoms with van der Waals surface area (Å²) < 4.78 is 11.0. The first-order valence-corrected chi connectivity index (χ1v) is 10.3. The van der Waals surface area contributed by atoms with Crippen molar-refractivity contribution in [3.63, 3.8) is 0 Å². The Morgan fingerprint density at radius 2 is 1.93 bits per heavy atom. The number of anilines is 1. The molecule has 0 heterocycles. The van der Waals surface area contributed by atoms with Crippen molar-refractivity contribution in [1.29, 1.82) is 0 Å². The van der Waals surface area contributed by atoms with Crippen molar-refractivity contribution in [3.8, 4) is 5.75 Å². The lowest BCUT2D eigenvalue weighted by molar-refractivity contribution is 0.0491. The molecule has 1 aliphatic rings. The molecule has 28 heavy (non-hydrogen) atoms. The maximum atomic E-state index is 12.0. The van der Waals surface area contributed by atoms with Gasteiger partial charge in [-0.05, 0) is 71.9 Å². The van der Waals surface area contributed by atoms with Gasteiger partial charge in [-0.2, -0.15) is 0 Å². The number of nitrogens with one attached hydrogen (secondary N) is 1. The van der Waals surface area contributed by atoms with Crippen LogP contribution in [0.4, 0.5) is 10.5 Å². The van der Waals surface area contributed by atoms with Gasteiger partial charge in [0.25, 0.3) is 0 Å². The molecule has 1 fully saturated rings. The summed E-state index contributed by atoms with van der Waals surface area (Å²) in [6.07, 6.45) is 3.61. The minimum absolute atomic E-state index is 0.00929. The van der Waals surface area contributed by atoms with Gasteiger partial charge in [0.05, 0.1) is 6.61 Å². The normalized spacial score (nSPS) is 19.8. The van der Waals surface area contributed by atoms with Crippen LogP contribution >= 0.6 is 0 Å². The Labute approximate surface area is 169 Å². The fourth-order valence-corrected chi connectivity index (χ4v) is 3.78. The third-order valence-electron chi connectivity index (χ3n) is 5.05. The number of benzene rings is 1. The standard InChI is InChI=1S/C22H36N2O4/c1-6-24(20-15-19(27-14-13-25)12-7-16(20)2)18-10-8-17(9-11-18)23-21(26)28-22(3,4)5/h7,12,15,17-18,25H,6,8-11,13-14H2,1-5H3,(H,23,26). The maximum absolute atomic E-state index is 12.0. The largest absolute Gasteiger partial charge is 0.491 e. The number of carbonyl (C=O) groups excluding carboxylic acids is 1. The Hall–Kier alpha value is -1.95. The van der Waals surface area contributed by atoms with E-state index in [9.17, 15) is 4.79 Å². The second-order valence-electron chi connectivity index (χ2n) is 8.46. The van der Waals surface area contributed by atoms with E-state index >= 15 is 0 Å². The summed E-state index contributed by atoms with van der Waals surface area (Å²) in [4.78, 5) is 14.4. The lowest BCUT2D eigenvalue weighted by Gasteiger charge is -2.39. The number of alkyl carbamates (subject to hydrolysis) is 1. The van der Waals surface area contributed by atoms with Gasteiger partial charge in [0.1, 0.15) is 18.0 Å². The van der Waals surface area contributed by atoms with E-state index in [0.29, 0.717) is 12.6 Å². The Bertz CT molecular complexity index is 634. The molecule has 1 saturated carbocycles. The Balaban J connectivity index is 1.97. The molecule has 0 spiro atoms. The van der Waals surface area contributed by atoms with Gasteiger partial charge in [-0.1, -0.05) is 6.07 Å². The fourth-order valence-electron chi connectivity index (χ4n) is 3.78. The molecule has 0 atom stereocenters. The van der Waals surface area contributed by atoms with Gasteiger partial charge in [0.2, 0.25) is 0 Å². The van der Waals surface area contributed by atoms with Gasteiger partial charge in [0.15, 0.2) is 0 Å². The average molecular weight is 393 g/mol. The van der Waals surface area contributed by atoms with Crippen molar-refractivity contribution in [1.82, 2.24) is 5.32 Å². The maximum Gasteiger partial charge on any atom is 0.407 e. The van der Waals surface area contributed by atoms with Gasteiger partial charge in [-0.3, -0.25) is 0 Å². The molecule has 0 aliphatic heterocycles. The summed E-state index contributed by atoms with van der Waals surface area (Å²) >= 11 is 0. The average Bonchev–Trinajstić information content (AvgIpc) is 2.62. The van der Waals surface area contributed by atoms with Gasteiger partial charge < -0.3 is 24.8 Å². The molecule has 158 valence electrons. The highest BCUT2D eigenvalue weighted by Gasteiger charge is 2.28. The van der Waals surface area contributed by atoms with Crippen LogP contribution in [-0.4, -0.2) is 48.6 Å². The summed E-state index contributed by atoms with van der Waals surface area (Å²) in [7, 11) is 0. The van der Waals surface area contributed by atoms with E-state index in [2.05, 4.69) is 36.2 Å². The number of hydrogen-bond donors (Lipinski definition) is 2. The summed E-state index contributed by atoms with van der Waals surface area (Å²) in [5.41, 5.74) is 1.93. The molecule has 2 N–H and O–H groups in total. The molecular weight excluding hydrogens is 356 g/mol. The summed E-state index contributed by atoms with van der Waals surface area (Å²) in [5.74, 6) is 0.786. The monoisotopic (exact) mass is 392 g/mol. The number of aliphatic hydroxyl groups is 1. The Kier molecular flexibility index (Phi) is 7.98. The molecule has 0 unspecified atom stereocenters. The van der Waals surface area contributed by atoms with Crippen LogP contribution in [-0.2, 0) is 4.74 Å². The molecular formula is C22H36N2O4. The van der Waals surface area contributed by atoms with Crippen LogP contribution in [0.2, 0.25) is 0 Å². The number of hydrogen-bond acceptors (Lipinski definition) is 5. The predicted octanol–water partition coefficient (Wildman–Crippen LogP) is 4.03. The first-order chi connectivity index (χ1) is 13.2. The van der Waals surface area contributed by atoms with Crippen molar-refractivity contribution in [2.24, 2.45) is 0 Å². The molecule has 1 aliphatic carbocycles. The van der Waals surface area contributed by atoms with E-state index < -0.39 is 5.60 Å². The van der Waals surface area contributed by atoms with Crippen molar-refractivity contribution in [2.45, 2.75) is 78.0 Å². The van der Waals surface area contributed by atoms with Gasteiger partial charge in [0, 0.05) is 30.4 Å². The predicted molar refractivity (Wildman–Crippen MR) is 112 cm³/mol. The first-order valence-electron chi connectivity index (χ1n) is 10.3. The molecule has 0 aromatic heterocycles. The van der Waals surface area contributed by atoms with Crippen LogP contribution in [0, 0.1) is 6.92 Å². The lowest BCUT2D eigenvalue weighted by Crippen LogP contribution is -2.45. The highest BCUT2D eigenvalue weighted by molar-refractivity contribution is 5.68. The van der Waals surface area contributed by atoms with Gasteiger partial charge in [-0.25, -0.2) is 4.79 Å².